The lowest BCUT2D eigenvalue weighted by molar-refractivity contribution is -0.120. The van der Waals surface area contributed by atoms with Gasteiger partial charge in [0, 0.05) is 18.4 Å². The number of carbonyl (C=O) groups excluding carboxylic acids is 3. The Morgan fingerprint density at radius 1 is 0.857 bits per heavy atom. The van der Waals surface area contributed by atoms with Crippen LogP contribution in [0.25, 0.3) is 0 Å². The summed E-state index contributed by atoms with van der Waals surface area (Å²) in [6.07, 6.45) is 0.278. The number of rotatable bonds is 7. The Bertz CT molecular complexity index is 804. The van der Waals surface area contributed by atoms with Crippen LogP contribution in [0, 0.1) is 5.92 Å². The molecule has 4 N–H and O–H groups in total. The summed E-state index contributed by atoms with van der Waals surface area (Å²) < 4.78 is 0. The molecule has 1 atom stereocenters. The molecule has 0 fully saturated rings. The van der Waals surface area contributed by atoms with E-state index in [4.69, 9.17) is 0 Å². The molecule has 0 heterocycles. The average Bonchev–Trinajstić information content (AvgIpc) is 2.68. The first-order valence-electron chi connectivity index (χ1n) is 9.12. The van der Waals surface area contributed by atoms with Crippen LogP contribution in [0.5, 0.6) is 0 Å². The standard InChI is InChI=1S/C21H26N4O3/c1-14(2)19(25-21(28)24-16-7-5-4-6-8-16)20(27)23-17-11-9-15(10-12-17)13-18(26)22-3/h4-12,14,19H,13H2,1-3H3,(H,22,26)(H,23,27)(H2,24,25,28). The molecule has 0 radical (unpaired) electrons. The van der Waals surface area contributed by atoms with Gasteiger partial charge < -0.3 is 21.3 Å². The lowest BCUT2D eigenvalue weighted by atomic mass is 10.0. The van der Waals surface area contributed by atoms with Crippen molar-refractivity contribution < 1.29 is 14.4 Å². The Hall–Kier alpha value is -3.35. The maximum Gasteiger partial charge on any atom is 0.319 e. The maximum atomic E-state index is 12.6. The van der Waals surface area contributed by atoms with E-state index in [0.29, 0.717) is 11.4 Å². The Morgan fingerprint density at radius 3 is 2.04 bits per heavy atom. The molecule has 1 unspecified atom stereocenters. The van der Waals surface area contributed by atoms with Gasteiger partial charge in [-0.25, -0.2) is 4.79 Å². The summed E-state index contributed by atoms with van der Waals surface area (Å²) >= 11 is 0. The zero-order valence-electron chi connectivity index (χ0n) is 16.3. The number of hydrogen-bond acceptors (Lipinski definition) is 3. The first kappa shape index (κ1) is 21.0. The maximum absolute atomic E-state index is 12.6. The first-order valence-corrected chi connectivity index (χ1v) is 9.12. The van der Waals surface area contributed by atoms with Gasteiger partial charge in [0.15, 0.2) is 0 Å². The van der Waals surface area contributed by atoms with Gasteiger partial charge in [0.05, 0.1) is 6.42 Å². The molecule has 0 aromatic heterocycles. The molecule has 148 valence electrons. The highest BCUT2D eigenvalue weighted by Crippen LogP contribution is 2.13. The molecule has 0 spiro atoms. The van der Waals surface area contributed by atoms with Crippen molar-refractivity contribution >= 4 is 29.2 Å². The zero-order valence-corrected chi connectivity index (χ0v) is 16.3. The second-order valence-corrected chi connectivity index (χ2v) is 6.72. The Balaban J connectivity index is 1.96. The molecule has 2 rings (SSSR count). The van der Waals surface area contributed by atoms with Gasteiger partial charge in [-0.15, -0.1) is 0 Å². The topological polar surface area (TPSA) is 99.3 Å². The third-order valence-electron chi connectivity index (χ3n) is 4.13. The molecular formula is C21H26N4O3. The van der Waals surface area contributed by atoms with Crippen LogP contribution in [-0.4, -0.2) is 30.9 Å². The molecule has 0 saturated carbocycles. The highest BCUT2D eigenvalue weighted by atomic mass is 16.2. The largest absolute Gasteiger partial charge is 0.359 e. The third kappa shape index (κ3) is 6.42. The number of likely N-dealkylation sites (N-methyl/N-ethyl adjacent to an activating group) is 1. The van der Waals surface area contributed by atoms with Crippen molar-refractivity contribution in [3.05, 3.63) is 60.2 Å². The monoisotopic (exact) mass is 382 g/mol. The van der Waals surface area contributed by atoms with E-state index in [0.717, 1.165) is 5.56 Å². The number of amides is 4. The zero-order chi connectivity index (χ0) is 20.5. The molecule has 7 nitrogen and oxygen atoms in total. The van der Waals surface area contributed by atoms with E-state index < -0.39 is 12.1 Å². The molecule has 2 aromatic rings. The van der Waals surface area contributed by atoms with Gasteiger partial charge in [-0.05, 0) is 35.7 Å². The number of para-hydroxylation sites is 1. The number of urea groups is 1. The van der Waals surface area contributed by atoms with E-state index in [9.17, 15) is 14.4 Å². The highest BCUT2D eigenvalue weighted by Gasteiger charge is 2.24. The highest BCUT2D eigenvalue weighted by molar-refractivity contribution is 5.99. The van der Waals surface area contributed by atoms with Crippen molar-refractivity contribution in [3.8, 4) is 0 Å². The summed E-state index contributed by atoms with van der Waals surface area (Å²) in [5.41, 5.74) is 2.09. The Labute approximate surface area is 164 Å². The van der Waals surface area contributed by atoms with Crippen LogP contribution in [0.2, 0.25) is 0 Å². The number of carbonyl (C=O) groups is 3. The third-order valence-corrected chi connectivity index (χ3v) is 4.13. The van der Waals surface area contributed by atoms with Crippen LogP contribution in [0.3, 0.4) is 0 Å². The summed E-state index contributed by atoms with van der Waals surface area (Å²) in [5, 5.41) is 10.8. The van der Waals surface area contributed by atoms with E-state index in [1.54, 1.807) is 43.4 Å². The predicted octanol–water partition coefficient (Wildman–Crippen LogP) is 2.76. The van der Waals surface area contributed by atoms with Gasteiger partial charge in [-0.1, -0.05) is 44.2 Å². The van der Waals surface area contributed by atoms with E-state index >= 15 is 0 Å². The first-order chi connectivity index (χ1) is 13.4. The van der Waals surface area contributed by atoms with Crippen molar-refractivity contribution in [2.45, 2.75) is 26.3 Å². The minimum atomic E-state index is -0.700. The quantitative estimate of drug-likeness (QED) is 0.592. The SMILES string of the molecule is CNC(=O)Cc1ccc(NC(=O)C(NC(=O)Nc2ccccc2)C(C)C)cc1. The van der Waals surface area contributed by atoms with Crippen LogP contribution in [0.15, 0.2) is 54.6 Å². The predicted molar refractivity (Wildman–Crippen MR) is 110 cm³/mol. The summed E-state index contributed by atoms with van der Waals surface area (Å²) in [5.74, 6) is -0.489. The van der Waals surface area contributed by atoms with E-state index in [2.05, 4.69) is 21.3 Å². The Morgan fingerprint density at radius 2 is 1.46 bits per heavy atom. The van der Waals surface area contributed by atoms with Gasteiger partial charge in [0.1, 0.15) is 6.04 Å². The van der Waals surface area contributed by atoms with Crippen LogP contribution in [0.4, 0.5) is 16.2 Å². The average molecular weight is 382 g/mol. The van der Waals surface area contributed by atoms with Crippen LogP contribution < -0.4 is 21.3 Å². The van der Waals surface area contributed by atoms with Gasteiger partial charge in [0.25, 0.3) is 0 Å². The minimum absolute atomic E-state index is 0.0784. The molecule has 0 aliphatic heterocycles. The van der Waals surface area contributed by atoms with E-state index in [1.807, 2.05) is 32.0 Å². The van der Waals surface area contributed by atoms with Crippen molar-refractivity contribution in [2.75, 3.05) is 17.7 Å². The molecule has 0 saturated heterocycles. The lowest BCUT2D eigenvalue weighted by Crippen LogP contribution is -2.48. The van der Waals surface area contributed by atoms with Crippen LogP contribution >= 0.6 is 0 Å². The number of nitrogens with one attached hydrogen (secondary N) is 4. The van der Waals surface area contributed by atoms with Crippen LogP contribution in [0.1, 0.15) is 19.4 Å². The molecular weight excluding hydrogens is 356 g/mol. The minimum Gasteiger partial charge on any atom is -0.359 e. The summed E-state index contributed by atoms with van der Waals surface area (Å²) in [7, 11) is 1.59. The molecule has 7 heteroatoms. The van der Waals surface area contributed by atoms with Crippen molar-refractivity contribution in [1.29, 1.82) is 0 Å². The fraction of sp³-hybridized carbons (Fsp3) is 0.286. The molecule has 4 amide bonds. The van der Waals surface area contributed by atoms with Gasteiger partial charge in [0.2, 0.25) is 11.8 Å². The number of anilines is 2. The molecule has 2 aromatic carbocycles. The normalized spacial score (nSPS) is 11.4. The second-order valence-electron chi connectivity index (χ2n) is 6.72. The van der Waals surface area contributed by atoms with E-state index in [-0.39, 0.29) is 24.2 Å². The lowest BCUT2D eigenvalue weighted by Gasteiger charge is -2.22. The summed E-state index contributed by atoms with van der Waals surface area (Å²) in [6.45, 7) is 3.72. The molecule has 0 bridgehead atoms. The molecule has 28 heavy (non-hydrogen) atoms. The van der Waals surface area contributed by atoms with Crippen molar-refractivity contribution in [3.63, 3.8) is 0 Å². The molecule has 0 aliphatic rings. The van der Waals surface area contributed by atoms with E-state index in [1.165, 1.54) is 0 Å². The van der Waals surface area contributed by atoms with Gasteiger partial charge in [-0.2, -0.15) is 0 Å². The van der Waals surface area contributed by atoms with Crippen molar-refractivity contribution in [2.24, 2.45) is 5.92 Å². The summed E-state index contributed by atoms with van der Waals surface area (Å²) in [6, 6.07) is 14.9. The fourth-order valence-electron chi connectivity index (χ4n) is 2.56. The second kappa shape index (κ2) is 10.1. The van der Waals surface area contributed by atoms with Crippen LogP contribution in [-0.2, 0) is 16.0 Å². The summed E-state index contributed by atoms with van der Waals surface area (Å²) in [4.78, 5) is 36.3. The number of hydrogen-bond donors (Lipinski definition) is 4. The van der Waals surface area contributed by atoms with Gasteiger partial charge >= 0.3 is 6.03 Å². The molecule has 0 aliphatic carbocycles. The smallest absolute Gasteiger partial charge is 0.319 e. The Kier molecular flexibility index (Phi) is 7.56. The van der Waals surface area contributed by atoms with Gasteiger partial charge in [-0.3, -0.25) is 9.59 Å². The fourth-order valence-corrected chi connectivity index (χ4v) is 2.56. The number of benzene rings is 2. The van der Waals surface area contributed by atoms with Crippen molar-refractivity contribution in [1.82, 2.24) is 10.6 Å².